The number of nitrogen functional groups attached to an aromatic ring is 2. The molecule has 4 rings (SSSR count). The molecule has 0 atom stereocenters. The van der Waals surface area contributed by atoms with Gasteiger partial charge in [-0.2, -0.15) is 4.98 Å². The first kappa shape index (κ1) is 15.5. The number of anilines is 3. The predicted molar refractivity (Wildman–Crippen MR) is 105 cm³/mol. The van der Waals surface area contributed by atoms with Crippen molar-refractivity contribution in [3.05, 3.63) is 65.2 Å². The zero-order valence-electron chi connectivity index (χ0n) is 13.3. The quantitative estimate of drug-likeness (QED) is 0.515. The van der Waals surface area contributed by atoms with Crippen LogP contribution in [0.25, 0.3) is 21.7 Å². The molecule has 124 valence electrons. The summed E-state index contributed by atoms with van der Waals surface area (Å²) in [6.07, 6.45) is 0. The molecule has 1 heterocycles. The molecule has 6 heteroatoms. The molecule has 0 radical (unpaired) electrons. The van der Waals surface area contributed by atoms with Gasteiger partial charge >= 0.3 is 0 Å². The van der Waals surface area contributed by atoms with Crippen LogP contribution in [0.1, 0.15) is 5.56 Å². The standard InChI is InChI=1S/C19H16ClN5/c20-17-12(6-5-11-3-1-2-4-14(11)17)10-23-13-7-8-16-15(9-13)18(21)25-19(22)24-16/h1-9,23H,10H2,(H4,21,22,24,25). The van der Waals surface area contributed by atoms with Gasteiger partial charge in [-0.25, -0.2) is 4.98 Å². The Morgan fingerprint density at radius 1 is 0.920 bits per heavy atom. The van der Waals surface area contributed by atoms with E-state index in [0.717, 1.165) is 37.9 Å². The van der Waals surface area contributed by atoms with Crippen molar-refractivity contribution in [3.63, 3.8) is 0 Å². The van der Waals surface area contributed by atoms with Crippen LogP contribution in [0.4, 0.5) is 17.5 Å². The van der Waals surface area contributed by atoms with E-state index < -0.39 is 0 Å². The number of nitrogens with zero attached hydrogens (tertiary/aromatic N) is 2. The molecule has 1 aromatic heterocycles. The molecule has 5 nitrogen and oxygen atoms in total. The smallest absolute Gasteiger partial charge is 0.222 e. The first-order valence-electron chi connectivity index (χ1n) is 7.84. The zero-order valence-corrected chi connectivity index (χ0v) is 14.1. The lowest BCUT2D eigenvalue weighted by Crippen LogP contribution is -2.03. The number of halogens is 1. The van der Waals surface area contributed by atoms with Gasteiger partial charge in [-0.05, 0) is 29.1 Å². The highest BCUT2D eigenvalue weighted by Gasteiger charge is 2.07. The highest BCUT2D eigenvalue weighted by atomic mass is 35.5. The van der Waals surface area contributed by atoms with E-state index >= 15 is 0 Å². The summed E-state index contributed by atoms with van der Waals surface area (Å²) in [5, 5.41) is 7.09. The van der Waals surface area contributed by atoms with E-state index in [1.165, 1.54) is 0 Å². The zero-order chi connectivity index (χ0) is 17.4. The van der Waals surface area contributed by atoms with Crippen molar-refractivity contribution in [2.45, 2.75) is 6.54 Å². The number of rotatable bonds is 3. The third-order valence-electron chi connectivity index (χ3n) is 4.17. The van der Waals surface area contributed by atoms with Gasteiger partial charge in [-0.15, -0.1) is 0 Å². The van der Waals surface area contributed by atoms with E-state index in [-0.39, 0.29) is 5.95 Å². The molecule has 0 unspecified atom stereocenters. The summed E-state index contributed by atoms with van der Waals surface area (Å²) in [4.78, 5) is 8.19. The highest BCUT2D eigenvalue weighted by Crippen LogP contribution is 2.28. The lowest BCUT2D eigenvalue weighted by Gasteiger charge is -2.11. The van der Waals surface area contributed by atoms with Gasteiger partial charge in [-0.3, -0.25) is 0 Å². The second-order valence-corrected chi connectivity index (χ2v) is 6.19. The Bertz CT molecular complexity index is 1090. The third-order valence-corrected chi connectivity index (χ3v) is 4.62. The Balaban J connectivity index is 1.63. The van der Waals surface area contributed by atoms with Crippen molar-refractivity contribution in [1.29, 1.82) is 0 Å². The van der Waals surface area contributed by atoms with Crippen LogP contribution in [-0.4, -0.2) is 9.97 Å². The fourth-order valence-electron chi connectivity index (χ4n) is 2.89. The summed E-state index contributed by atoms with van der Waals surface area (Å²) in [5.74, 6) is 0.545. The van der Waals surface area contributed by atoms with E-state index in [1.807, 2.05) is 42.5 Å². The van der Waals surface area contributed by atoms with Crippen LogP contribution in [0.3, 0.4) is 0 Å². The summed E-state index contributed by atoms with van der Waals surface area (Å²) in [7, 11) is 0. The molecule has 25 heavy (non-hydrogen) atoms. The Labute approximate surface area is 149 Å². The molecule has 0 saturated heterocycles. The molecule has 4 aromatic rings. The summed E-state index contributed by atoms with van der Waals surface area (Å²) < 4.78 is 0. The van der Waals surface area contributed by atoms with E-state index in [9.17, 15) is 0 Å². The van der Waals surface area contributed by atoms with Gasteiger partial charge in [0.1, 0.15) is 5.82 Å². The monoisotopic (exact) mass is 349 g/mol. The van der Waals surface area contributed by atoms with Crippen LogP contribution in [0.5, 0.6) is 0 Å². The maximum atomic E-state index is 6.55. The molecular formula is C19H16ClN5. The lowest BCUT2D eigenvalue weighted by molar-refractivity contribution is 1.16. The van der Waals surface area contributed by atoms with Gasteiger partial charge < -0.3 is 16.8 Å². The minimum absolute atomic E-state index is 0.175. The van der Waals surface area contributed by atoms with Crippen LogP contribution >= 0.6 is 11.6 Å². The first-order chi connectivity index (χ1) is 12.1. The molecule has 0 aliphatic rings. The number of fused-ring (bicyclic) bond motifs is 2. The summed E-state index contributed by atoms with van der Waals surface area (Å²) in [5.41, 5.74) is 14.2. The second-order valence-electron chi connectivity index (χ2n) is 5.81. The Hall–Kier alpha value is -3.05. The van der Waals surface area contributed by atoms with Crippen LogP contribution in [0.15, 0.2) is 54.6 Å². The topological polar surface area (TPSA) is 89.8 Å². The van der Waals surface area contributed by atoms with Gasteiger partial charge in [-0.1, -0.05) is 48.0 Å². The van der Waals surface area contributed by atoms with Crippen LogP contribution in [-0.2, 0) is 6.54 Å². The van der Waals surface area contributed by atoms with Gasteiger partial charge in [0.05, 0.1) is 10.5 Å². The highest BCUT2D eigenvalue weighted by molar-refractivity contribution is 6.36. The van der Waals surface area contributed by atoms with Gasteiger partial charge in [0.2, 0.25) is 5.95 Å². The average Bonchev–Trinajstić information content (AvgIpc) is 2.61. The summed E-state index contributed by atoms with van der Waals surface area (Å²) in [6, 6.07) is 17.9. The first-order valence-corrected chi connectivity index (χ1v) is 8.22. The maximum Gasteiger partial charge on any atom is 0.222 e. The van der Waals surface area contributed by atoms with Gasteiger partial charge in [0, 0.05) is 23.0 Å². The van der Waals surface area contributed by atoms with Crippen molar-refractivity contribution >= 4 is 50.7 Å². The molecule has 0 amide bonds. The summed E-state index contributed by atoms with van der Waals surface area (Å²) >= 11 is 6.55. The molecule has 0 spiro atoms. The molecular weight excluding hydrogens is 334 g/mol. The fourth-order valence-corrected chi connectivity index (χ4v) is 3.20. The second kappa shape index (κ2) is 6.11. The molecule has 0 saturated carbocycles. The minimum Gasteiger partial charge on any atom is -0.383 e. The van der Waals surface area contributed by atoms with Crippen LogP contribution in [0.2, 0.25) is 5.02 Å². The van der Waals surface area contributed by atoms with Crippen molar-refractivity contribution in [1.82, 2.24) is 9.97 Å². The molecule has 0 aliphatic carbocycles. The van der Waals surface area contributed by atoms with Gasteiger partial charge in [0.15, 0.2) is 0 Å². The lowest BCUT2D eigenvalue weighted by atomic mass is 10.1. The number of aromatic nitrogens is 2. The maximum absolute atomic E-state index is 6.55. The van der Waals surface area contributed by atoms with Crippen molar-refractivity contribution in [2.75, 3.05) is 16.8 Å². The number of hydrogen-bond acceptors (Lipinski definition) is 5. The van der Waals surface area contributed by atoms with Gasteiger partial charge in [0.25, 0.3) is 0 Å². The van der Waals surface area contributed by atoms with Crippen molar-refractivity contribution in [2.24, 2.45) is 0 Å². The SMILES string of the molecule is Nc1nc(N)c2cc(NCc3ccc4ccccc4c3Cl)ccc2n1. The number of nitrogens with one attached hydrogen (secondary N) is 1. The largest absolute Gasteiger partial charge is 0.383 e. The van der Waals surface area contributed by atoms with Crippen molar-refractivity contribution in [3.8, 4) is 0 Å². The Kier molecular flexibility index (Phi) is 3.78. The average molecular weight is 350 g/mol. The van der Waals surface area contributed by atoms with Crippen LogP contribution in [0, 0.1) is 0 Å². The fraction of sp³-hybridized carbons (Fsp3) is 0.0526. The summed E-state index contributed by atoms with van der Waals surface area (Å²) in [6.45, 7) is 0.602. The van der Waals surface area contributed by atoms with E-state index in [4.69, 9.17) is 23.1 Å². The third kappa shape index (κ3) is 2.90. The molecule has 5 N–H and O–H groups in total. The van der Waals surface area contributed by atoms with E-state index in [0.29, 0.717) is 12.4 Å². The Morgan fingerprint density at radius 3 is 2.64 bits per heavy atom. The number of benzene rings is 3. The normalized spacial score (nSPS) is 11.1. The molecule has 3 aromatic carbocycles. The van der Waals surface area contributed by atoms with Crippen LogP contribution < -0.4 is 16.8 Å². The van der Waals surface area contributed by atoms with E-state index in [2.05, 4.69) is 27.4 Å². The molecule has 0 aliphatic heterocycles. The Morgan fingerprint density at radius 2 is 1.76 bits per heavy atom. The number of hydrogen-bond donors (Lipinski definition) is 3. The molecule has 0 bridgehead atoms. The van der Waals surface area contributed by atoms with Crippen molar-refractivity contribution < 1.29 is 0 Å². The molecule has 0 fully saturated rings. The predicted octanol–water partition coefficient (Wildman–Crippen LogP) is 4.21. The van der Waals surface area contributed by atoms with E-state index in [1.54, 1.807) is 0 Å². The minimum atomic E-state index is 0.175. The number of nitrogens with two attached hydrogens (primary N) is 2.